The van der Waals surface area contributed by atoms with E-state index in [9.17, 15) is 30.4 Å². The Hall–Kier alpha value is -1.33. The van der Waals surface area contributed by atoms with Crippen molar-refractivity contribution in [3.63, 3.8) is 0 Å². The number of aromatic nitrogens is 1. The molecule has 1 aromatic rings. The van der Waals surface area contributed by atoms with Crippen molar-refractivity contribution in [1.29, 1.82) is 0 Å². The molecular weight excluding hydrogens is 297 g/mol. The lowest BCUT2D eigenvalue weighted by atomic mass is 10.1. The molecule has 1 rings (SSSR count). The van der Waals surface area contributed by atoms with E-state index >= 15 is 0 Å². The molecule has 0 amide bonds. The van der Waals surface area contributed by atoms with Crippen LogP contribution in [0.4, 0.5) is 22.0 Å². The van der Waals surface area contributed by atoms with Gasteiger partial charge in [0.05, 0.1) is 0 Å². The van der Waals surface area contributed by atoms with E-state index in [1.165, 1.54) is 0 Å². The number of nitrogens with zero attached hydrogens (tertiary/aromatic N) is 1. The standard InChI is InChI=1S/C8H8F5N3O2S/c9-7(10)5-4(8(11,12)13)6(19(15,17)18)3(1-14)2-16-5/h2,7H,1,14H2,(H2,15,17,18). The summed E-state index contributed by atoms with van der Waals surface area (Å²) in [5.74, 6) is 0. The van der Waals surface area contributed by atoms with Crippen LogP contribution in [0, 0.1) is 0 Å². The first-order valence-electron chi connectivity index (χ1n) is 4.60. The molecule has 0 aliphatic heterocycles. The van der Waals surface area contributed by atoms with Crippen LogP contribution >= 0.6 is 0 Å². The molecule has 19 heavy (non-hydrogen) atoms. The molecule has 108 valence electrons. The number of nitrogens with two attached hydrogens (primary N) is 2. The average molecular weight is 305 g/mol. The molecule has 0 fully saturated rings. The Morgan fingerprint density at radius 3 is 2.16 bits per heavy atom. The van der Waals surface area contributed by atoms with Crippen molar-refractivity contribution in [2.24, 2.45) is 10.9 Å². The third kappa shape index (κ3) is 3.16. The first kappa shape index (κ1) is 15.7. The smallest absolute Gasteiger partial charge is 0.326 e. The van der Waals surface area contributed by atoms with Gasteiger partial charge in [-0.15, -0.1) is 0 Å². The van der Waals surface area contributed by atoms with Crippen molar-refractivity contribution < 1.29 is 30.4 Å². The molecule has 0 radical (unpaired) electrons. The minimum atomic E-state index is -5.36. The Kier molecular flexibility index (Phi) is 4.12. The quantitative estimate of drug-likeness (QED) is 0.818. The van der Waals surface area contributed by atoms with E-state index < -0.39 is 50.9 Å². The Morgan fingerprint density at radius 2 is 1.84 bits per heavy atom. The fraction of sp³-hybridized carbons (Fsp3) is 0.375. The summed E-state index contributed by atoms with van der Waals surface area (Å²) < 4.78 is 85.8. The Morgan fingerprint density at radius 1 is 1.32 bits per heavy atom. The summed E-state index contributed by atoms with van der Waals surface area (Å²) in [5, 5.41) is 4.64. The van der Waals surface area contributed by atoms with Gasteiger partial charge in [-0.05, 0) is 0 Å². The maximum absolute atomic E-state index is 12.8. The summed E-state index contributed by atoms with van der Waals surface area (Å²) in [6.45, 7) is -0.647. The monoisotopic (exact) mass is 305 g/mol. The van der Waals surface area contributed by atoms with Gasteiger partial charge in [-0.2, -0.15) is 13.2 Å². The van der Waals surface area contributed by atoms with Gasteiger partial charge >= 0.3 is 6.18 Å². The van der Waals surface area contributed by atoms with Crippen molar-refractivity contribution in [2.75, 3.05) is 0 Å². The molecular formula is C8H8F5N3O2S. The Labute approximate surface area is 104 Å². The number of rotatable bonds is 3. The first-order chi connectivity index (χ1) is 8.50. The summed E-state index contributed by atoms with van der Waals surface area (Å²) in [5.41, 5.74) is 0.711. The van der Waals surface area contributed by atoms with E-state index in [2.05, 4.69) is 10.1 Å². The van der Waals surface area contributed by atoms with Gasteiger partial charge in [0.2, 0.25) is 10.0 Å². The van der Waals surface area contributed by atoms with Crippen LogP contribution in [0.15, 0.2) is 11.1 Å². The molecule has 0 spiro atoms. The zero-order chi connectivity index (χ0) is 15.0. The Bertz CT molecular complexity index is 585. The topological polar surface area (TPSA) is 99.1 Å². The Balaban J connectivity index is 3.88. The van der Waals surface area contributed by atoms with Gasteiger partial charge in [-0.1, -0.05) is 0 Å². The molecule has 0 aliphatic carbocycles. The molecule has 4 N–H and O–H groups in total. The van der Waals surface area contributed by atoms with Crippen molar-refractivity contribution in [2.45, 2.75) is 24.0 Å². The highest BCUT2D eigenvalue weighted by atomic mass is 32.2. The first-order valence-corrected chi connectivity index (χ1v) is 6.14. The molecule has 1 aromatic heterocycles. The second-order valence-corrected chi connectivity index (χ2v) is 4.92. The van der Waals surface area contributed by atoms with E-state index in [0.717, 1.165) is 0 Å². The highest BCUT2D eigenvalue weighted by Gasteiger charge is 2.43. The molecule has 0 aromatic carbocycles. The third-order valence-corrected chi connectivity index (χ3v) is 3.16. The summed E-state index contributed by atoms with van der Waals surface area (Å²) in [6.07, 6.45) is -8.42. The summed E-state index contributed by atoms with van der Waals surface area (Å²) in [4.78, 5) is 1.45. The number of primary sulfonamides is 1. The van der Waals surface area contributed by atoms with E-state index in [4.69, 9.17) is 5.73 Å². The zero-order valence-electron chi connectivity index (χ0n) is 9.08. The molecule has 0 aliphatic rings. The highest BCUT2D eigenvalue weighted by Crippen LogP contribution is 2.40. The number of hydrogen-bond acceptors (Lipinski definition) is 4. The normalized spacial score (nSPS) is 13.1. The predicted molar refractivity (Wildman–Crippen MR) is 53.5 cm³/mol. The predicted octanol–water partition coefficient (Wildman–Crippen LogP) is 1.14. The van der Waals surface area contributed by atoms with Crippen molar-refractivity contribution >= 4 is 10.0 Å². The van der Waals surface area contributed by atoms with Crippen LogP contribution in [0.1, 0.15) is 23.2 Å². The lowest BCUT2D eigenvalue weighted by molar-refractivity contribution is -0.142. The second-order valence-electron chi connectivity index (χ2n) is 3.42. The molecule has 0 unspecified atom stereocenters. The highest BCUT2D eigenvalue weighted by molar-refractivity contribution is 7.89. The van der Waals surface area contributed by atoms with Crippen LogP contribution in [0.2, 0.25) is 0 Å². The van der Waals surface area contributed by atoms with Gasteiger partial charge in [0.15, 0.2) is 0 Å². The van der Waals surface area contributed by atoms with Crippen LogP contribution in [-0.4, -0.2) is 13.4 Å². The van der Waals surface area contributed by atoms with Crippen molar-refractivity contribution in [3.8, 4) is 0 Å². The number of pyridine rings is 1. The van der Waals surface area contributed by atoms with E-state index in [-0.39, 0.29) is 0 Å². The van der Waals surface area contributed by atoms with Crippen LogP contribution in [0.25, 0.3) is 0 Å². The summed E-state index contributed by atoms with van der Waals surface area (Å²) >= 11 is 0. The third-order valence-electron chi connectivity index (χ3n) is 2.13. The van der Waals surface area contributed by atoms with Crippen LogP contribution in [0.3, 0.4) is 0 Å². The molecule has 5 nitrogen and oxygen atoms in total. The maximum Gasteiger partial charge on any atom is 0.419 e. The molecule has 0 saturated carbocycles. The van der Waals surface area contributed by atoms with Gasteiger partial charge in [-0.25, -0.2) is 22.3 Å². The fourth-order valence-corrected chi connectivity index (χ4v) is 2.46. The number of sulfonamides is 1. The van der Waals surface area contributed by atoms with E-state index in [1.807, 2.05) is 0 Å². The van der Waals surface area contributed by atoms with Gasteiger partial charge in [-0.3, -0.25) is 4.98 Å². The minimum Gasteiger partial charge on any atom is -0.326 e. The van der Waals surface area contributed by atoms with Crippen LogP contribution in [-0.2, 0) is 22.7 Å². The average Bonchev–Trinajstić information content (AvgIpc) is 2.24. The van der Waals surface area contributed by atoms with Gasteiger partial charge in [0, 0.05) is 18.3 Å². The summed E-state index contributed by atoms with van der Waals surface area (Å²) in [6, 6.07) is 0. The second kappa shape index (κ2) is 4.98. The van der Waals surface area contributed by atoms with Crippen LogP contribution < -0.4 is 10.9 Å². The molecule has 0 atom stereocenters. The number of halogens is 5. The molecule has 11 heteroatoms. The largest absolute Gasteiger partial charge is 0.419 e. The number of hydrogen-bond donors (Lipinski definition) is 2. The molecule has 0 saturated heterocycles. The van der Waals surface area contributed by atoms with E-state index in [0.29, 0.717) is 6.20 Å². The fourth-order valence-electron chi connectivity index (χ4n) is 1.46. The van der Waals surface area contributed by atoms with Gasteiger partial charge in [0.1, 0.15) is 16.2 Å². The lowest BCUT2D eigenvalue weighted by Crippen LogP contribution is -2.24. The van der Waals surface area contributed by atoms with Gasteiger partial charge < -0.3 is 5.73 Å². The number of alkyl halides is 5. The minimum absolute atomic E-state index is 0.538. The zero-order valence-corrected chi connectivity index (χ0v) is 9.89. The van der Waals surface area contributed by atoms with Crippen molar-refractivity contribution in [1.82, 2.24) is 4.98 Å². The van der Waals surface area contributed by atoms with Gasteiger partial charge in [0.25, 0.3) is 6.43 Å². The maximum atomic E-state index is 12.8. The molecule has 0 bridgehead atoms. The SMILES string of the molecule is NCc1cnc(C(F)F)c(C(F)(F)F)c1S(N)(=O)=O. The van der Waals surface area contributed by atoms with Crippen molar-refractivity contribution in [3.05, 3.63) is 23.0 Å². The molecule has 1 heterocycles. The summed E-state index contributed by atoms with van der Waals surface area (Å²) in [7, 11) is -4.89. The van der Waals surface area contributed by atoms with E-state index in [1.54, 1.807) is 0 Å². The lowest BCUT2D eigenvalue weighted by Gasteiger charge is -2.17. The van der Waals surface area contributed by atoms with Crippen LogP contribution in [0.5, 0.6) is 0 Å².